The molecule has 2 aromatic rings. The molecule has 0 aliphatic carbocycles. The van der Waals surface area contributed by atoms with Crippen molar-refractivity contribution in [2.24, 2.45) is 10.1 Å². The number of nitrogen functional groups attached to an aromatic ring is 1. The van der Waals surface area contributed by atoms with Crippen molar-refractivity contribution >= 4 is 33.4 Å². The van der Waals surface area contributed by atoms with Crippen molar-refractivity contribution in [2.75, 3.05) is 12.3 Å². The van der Waals surface area contributed by atoms with Crippen LogP contribution in [0.1, 0.15) is 12.5 Å². The summed E-state index contributed by atoms with van der Waals surface area (Å²) in [6, 6.07) is 1.22. The molecule has 2 aromatic heterocycles. The zero-order valence-corrected chi connectivity index (χ0v) is 12.4. The number of fused-ring (bicyclic) bond motifs is 1. The summed E-state index contributed by atoms with van der Waals surface area (Å²) in [6.07, 6.45) is 4.42. The Labute approximate surface area is 125 Å². The lowest BCUT2D eigenvalue weighted by Crippen LogP contribution is -2.43. The second-order valence-corrected chi connectivity index (χ2v) is 7.26. The van der Waals surface area contributed by atoms with Gasteiger partial charge in [0.15, 0.2) is 11.5 Å². The lowest BCUT2D eigenvalue weighted by atomic mass is 10.00. The summed E-state index contributed by atoms with van der Waals surface area (Å²) >= 11 is 0. The molecule has 116 valence electrons. The van der Waals surface area contributed by atoms with Gasteiger partial charge in [0.05, 0.1) is 6.54 Å². The maximum atomic E-state index is 14.0. The van der Waals surface area contributed by atoms with Gasteiger partial charge in [0.2, 0.25) is 16.0 Å². The minimum Gasteiger partial charge on any atom is -0.366 e. The van der Waals surface area contributed by atoms with E-state index in [2.05, 4.69) is 15.1 Å². The highest BCUT2D eigenvalue weighted by Crippen LogP contribution is 2.27. The highest BCUT2D eigenvalue weighted by molar-refractivity contribution is 7.90. The van der Waals surface area contributed by atoms with Crippen molar-refractivity contribution in [3.05, 3.63) is 29.7 Å². The van der Waals surface area contributed by atoms with Crippen LogP contribution in [0.2, 0.25) is 0 Å². The summed E-state index contributed by atoms with van der Waals surface area (Å²) in [6.45, 7) is 1.47. The van der Waals surface area contributed by atoms with Gasteiger partial charge >= 0.3 is 0 Å². The Kier molecular flexibility index (Phi) is 3.04. The van der Waals surface area contributed by atoms with Gasteiger partial charge in [-0.05, 0) is 18.6 Å². The van der Waals surface area contributed by atoms with Crippen LogP contribution in [0.5, 0.6) is 0 Å². The summed E-state index contributed by atoms with van der Waals surface area (Å²) in [7, 11) is -3.85. The van der Waals surface area contributed by atoms with Crippen molar-refractivity contribution in [3.8, 4) is 0 Å². The Morgan fingerprint density at radius 1 is 1.45 bits per heavy atom. The third-order valence-electron chi connectivity index (χ3n) is 3.48. The van der Waals surface area contributed by atoms with Crippen molar-refractivity contribution in [3.63, 3.8) is 0 Å². The van der Waals surface area contributed by atoms with Crippen LogP contribution in [0.4, 0.5) is 10.3 Å². The molecule has 0 saturated carbocycles. The fourth-order valence-electron chi connectivity index (χ4n) is 2.19. The molecule has 4 N–H and O–H groups in total. The molecule has 1 aliphatic heterocycles. The first-order chi connectivity index (χ1) is 10.2. The largest absolute Gasteiger partial charge is 0.366 e. The number of pyridine rings is 1. The van der Waals surface area contributed by atoms with Gasteiger partial charge in [-0.1, -0.05) is 6.08 Å². The molecule has 0 radical (unpaired) electrons. The minimum atomic E-state index is -3.85. The Bertz CT molecular complexity index is 932. The van der Waals surface area contributed by atoms with Crippen LogP contribution in [-0.2, 0) is 10.0 Å². The Morgan fingerprint density at radius 3 is 2.86 bits per heavy atom. The van der Waals surface area contributed by atoms with E-state index in [1.54, 1.807) is 0 Å². The monoisotopic (exact) mass is 324 g/mol. The number of halogens is 1. The van der Waals surface area contributed by atoms with E-state index in [0.717, 1.165) is 0 Å². The summed E-state index contributed by atoms with van der Waals surface area (Å²) in [4.78, 5) is 7.78. The number of hydrogen-bond acceptors (Lipinski definition) is 6. The number of nitrogens with zero attached hydrogens (tertiary/aromatic N) is 4. The van der Waals surface area contributed by atoms with Gasteiger partial charge < -0.3 is 5.73 Å². The van der Waals surface area contributed by atoms with E-state index in [1.165, 1.54) is 36.0 Å². The van der Waals surface area contributed by atoms with Gasteiger partial charge in [0.1, 0.15) is 4.75 Å². The molecule has 0 spiro atoms. The van der Waals surface area contributed by atoms with E-state index in [0.29, 0.717) is 11.1 Å². The van der Waals surface area contributed by atoms with E-state index < -0.39 is 20.6 Å². The Balaban J connectivity index is 2.16. The smallest absolute Gasteiger partial charge is 0.240 e. The van der Waals surface area contributed by atoms with Crippen LogP contribution >= 0.6 is 0 Å². The van der Waals surface area contributed by atoms with Crippen molar-refractivity contribution in [1.82, 2.24) is 14.6 Å². The fraction of sp³-hybridized carbons (Fsp3) is 0.250. The first-order valence-electron chi connectivity index (χ1n) is 6.26. The van der Waals surface area contributed by atoms with Gasteiger partial charge in [-0.15, -0.1) is 5.10 Å². The topological polar surface area (TPSA) is 129 Å². The van der Waals surface area contributed by atoms with Gasteiger partial charge in [0, 0.05) is 18.0 Å². The van der Waals surface area contributed by atoms with E-state index in [4.69, 9.17) is 10.9 Å². The van der Waals surface area contributed by atoms with Crippen molar-refractivity contribution in [1.29, 1.82) is 0 Å². The maximum absolute atomic E-state index is 14.0. The average molecular weight is 324 g/mol. The molecule has 0 amide bonds. The minimum absolute atomic E-state index is 0.0103. The molecule has 22 heavy (non-hydrogen) atoms. The molecule has 0 saturated heterocycles. The first-order valence-corrected chi connectivity index (χ1v) is 7.81. The average Bonchev–Trinajstić information content (AvgIpc) is 2.78. The van der Waals surface area contributed by atoms with Gasteiger partial charge in [-0.3, -0.25) is 4.99 Å². The number of dihydropyridines is 1. The van der Waals surface area contributed by atoms with Crippen molar-refractivity contribution < 1.29 is 12.8 Å². The molecule has 3 heterocycles. The molecule has 0 aromatic carbocycles. The zero-order valence-electron chi connectivity index (χ0n) is 11.6. The number of nitrogens with two attached hydrogens (primary N) is 2. The summed E-state index contributed by atoms with van der Waals surface area (Å²) in [5.41, 5.74) is 6.26. The summed E-state index contributed by atoms with van der Waals surface area (Å²) in [5.74, 6) is -0.685. The molecule has 3 rings (SSSR count). The molecule has 0 bridgehead atoms. The normalized spacial score (nSPS) is 22.0. The fourth-order valence-corrected chi connectivity index (χ4v) is 2.73. The van der Waals surface area contributed by atoms with Gasteiger partial charge in [-0.2, -0.15) is 4.98 Å². The number of hydrogen-bond donors (Lipinski definition) is 2. The number of primary sulfonamides is 1. The Hall–Kier alpha value is -2.33. The molecule has 0 fully saturated rings. The van der Waals surface area contributed by atoms with Gasteiger partial charge in [-0.25, -0.2) is 22.5 Å². The third kappa shape index (κ3) is 2.25. The zero-order chi connectivity index (χ0) is 16.1. The lowest BCUT2D eigenvalue weighted by molar-refractivity contribution is 0.566. The second kappa shape index (κ2) is 4.58. The van der Waals surface area contributed by atoms with Crippen LogP contribution in [0, 0.1) is 5.82 Å². The molecular formula is C12H13FN6O2S. The van der Waals surface area contributed by atoms with E-state index in [9.17, 15) is 12.8 Å². The molecule has 10 heteroatoms. The molecule has 8 nitrogen and oxygen atoms in total. The Morgan fingerprint density at radius 2 is 2.18 bits per heavy atom. The quantitative estimate of drug-likeness (QED) is 0.801. The maximum Gasteiger partial charge on any atom is 0.240 e. The summed E-state index contributed by atoms with van der Waals surface area (Å²) in [5, 5.41) is 9.09. The van der Waals surface area contributed by atoms with E-state index in [1.807, 2.05) is 0 Å². The van der Waals surface area contributed by atoms with E-state index >= 15 is 0 Å². The van der Waals surface area contributed by atoms with Gasteiger partial charge in [0.25, 0.3) is 0 Å². The molecule has 1 unspecified atom stereocenters. The van der Waals surface area contributed by atoms with Crippen LogP contribution in [0.3, 0.4) is 0 Å². The number of aromatic nitrogens is 3. The van der Waals surface area contributed by atoms with Crippen molar-refractivity contribution in [2.45, 2.75) is 11.7 Å². The van der Waals surface area contributed by atoms with Crippen LogP contribution in [0.25, 0.3) is 11.2 Å². The number of anilines is 1. The van der Waals surface area contributed by atoms with Crippen LogP contribution in [0.15, 0.2) is 23.3 Å². The molecule has 1 aliphatic rings. The lowest BCUT2D eigenvalue weighted by Gasteiger charge is -2.25. The van der Waals surface area contributed by atoms with E-state index in [-0.39, 0.29) is 18.1 Å². The molecule has 1 atom stereocenters. The third-order valence-corrected chi connectivity index (χ3v) is 5.03. The standard InChI is InChI=1S/C12H13FN6O2S/c1-12(22(15,20)21)3-8(4-16-6-12)7-2-9(13)10-17-11(14)18-19(10)5-7/h2-5H,6H2,1H3,(H2,14,18)(H2,15,20,21). The first kappa shape index (κ1) is 14.6. The van der Waals surface area contributed by atoms with Crippen LogP contribution in [-0.4, -0.2) is 40.5 Å². The predicted octanol–water partition coefficient (Wildman–Crippen LogP) is -0.0344. The number of allylic oxidation sites excluding steroid dienone is 1. The number of aliphatic imine (C=N–C) groups is 1. The SMILES string of the molecule is CC1(S(N)(=O)=O)C=C(c2cc(F)c3nc(N)nn3c2)C=NC1. The highest BCUT2D eigenvalue weighted by Gasteiger charge is 2.36. The highest BCUT2D eigenvalue weighted by atomic mass is 32.2. The molecular weight excluding hydrogens is 311 g/mol. The predicted molar refractivity (Wildman–Crippen MR) is 80.2 cm³/mol. The second-order valence-electron chi connectivity index (χ2n) is 5.24. The number of rotatable bonds is 2. The van der Waals surface area contributed by atoms with Crippen LogP contribution < -0.4 is 10.9 Å². The number of sulfonamides is 1. The summed E-state index contributed by atoms with van der Waals surface area (Å²) < 4.78 is 37.3.